The quantitative estimate of drug-likeness (QED) is 0.465. The molecule has 1 aromatic rings. The monoisotopic (exact) mass is 206 g/mol. The number of carbonyl (C=O) groups excluding carboxylic acids is 1. The fourth-order valence-corrected chi connectivity index (χ4v) is 0.993. The van der Waals surface area contributed by atoms with E-state index in [0.717, 1.165) is 6.08 Å². The number of hydrogen-bond acceptors (Lipinski definition) is 3. The highest BCUT2D eigenvalue weighted by Crippen LogP contribution is 2.19. The molecule has 0 atom stereocenters. The van der Waals surface area contributed by atoms with E-state index in [2.05, 4.69) is 6.58 Å². The number of esters is 1. The minimum absolute atomic E-state index is 0.0764. The Hall–Kier alpha value is -2.10. The van der Waals surface area contributed by atoms with E-state index in [1.165, 1.54) is 12.1 Å². The van der Waals surface area contributed by atoms with Crippen LogP contribution in [-0.2, 0) is 4.79 Å². The van der Waals surface area contributed by atoms with E-state index in [9.17, 15) is 9.59 Å². The molecule has 0 heterocycles. The lowest BCUT2D eigenvalue weighted by atomic mass is 10.1. The van der Waals surface area contributed by atoms with E-state index in [1.54, 1.807) is 13.0 Å². The van der Waals surface area contributed by atoms with Gasteiger partial charge in [0, 0.05) is 6.08 Å². The second-order valence-corrected chi connectivity index (χ2v) is 2.91. The van der Waals surface area contributed by atoms with Gasteiger partial charge in [-0.25, -0.2) is 9.59 Å². The molecule has 0 fully saturated rings. The van der Waals surface area contributed by atoms with Gasteiger partial charge in [-0.05, 0) is 24.6 Å². The summed E-state index contributed by atoms with van der Waals surface area (Å²) in [6.45, 7) is 4.97. The average molecular weight is 206 g/mol. The van der Waals surface area contributed by atoms with Crippen molar-refractivity contribution in [3.63, 3.8) is 0 Å². The molecule has 0 aliphatic carbocycles. The summed E-state index contributed by atoms with van der Waals surface area (Å²) in [5.74, 6) is -1.44. The summed E-state index contributed by atoms with van der Waals surface area (Å²) >= 11 is 0. The molecular formula is C11H10O4. The van der Waals surface area contributed by atoms with Crippen molar-refractivity contribution >= 4 is 11.9 Å². The first kappa shape index (κ1) is 11.0. The standard InChI is InChI=1S/C11H10O4/c1-3-10(12)15-9-6-8(11(13)14)5-4-7(9)2/h3-6H,1H2,2H3,(H,13,14). The number of ether oxygens (including phenoxy) is 1. The lowest BCUT2D eigenvalue weighted by Gasteiger charge is -2.05. The Balaban J connectivity index is 3.05. The van der Waals surface area contributed by atoms with E-state index in [1.807, 2.05) is 0 Å². The van der Waals surface area contributed by atoms with Gasteiger partial charge < -0.3 is 9.84 Å². The van der Waals surface area contributed by atoms with Gasteiger partial charge in [-0.3, -0.25) is 0 Å². The summed E-state index contributed by atoms with van der Waals surface area (Å²) in [6.07, 6.45) is 1.02. The van der Waals surface area contributed by atoms with Crippen molar-refractivity contribution < 1.29 is 19.4 Å². The molecule has 0 saturated carbocycles. The molecule has 0 aromatic heterocycles. The summed E-state index contributed by atoms with van der Waals surface area (Å²) < 4.78 is 4.86. The molecule has 0 saturated heterocycles. The van der Waals surface area contributed by atoms with Crippen LogP contribution < -0.4 is 4.74 Å². The first-order chi connectivity index (χ1) is 7.04. The zero-order valence-corrected chi connectivity index (χ0v) is 8.19. The number of carboxylic acids is 1. The van der Waals surface area contributed by atoms with Crippen LogP contribution in [0.1, 0.15) is 15.9 Å². The van der Waals surface area contributed by atoms with Gasteiger partial charge in [0.05, 0.1) is 5.56 Å². The van der Waals surface area contributed by atoms with Crippen molar-refractivity contribution in [2.45, 2.75) is 6.92 Å². The normalized spacial score (nSPS) is 9.40. The molecule has 15 heavy (non-hydrogen) atoms. The van der Waals surface area contributed by atoms with Gasteiger partial charge in [-0.2, -0.15) is 0 Å². The van der Waals surface area contributed by atoms with Gasteiger partial charge in [-0.1, -0.05) is 12.6 Å². The highest BCUT2D eigenvalue weighted by molar-refractivity contribution is 5.89. The maximum atomic E-state index is 10.9. The third-order valence-electron chi connectivity index (χ3n) is 1.81. The Kier molecular flexibility index (Phi) is 3.23. The molecule has 0 unspecified atom stereocenters. The molecule has 1 N–H and O–H groups in total. The highest BCUT2D eigenvalue weighted by atomic mass is 16.5. The van der Waals surface area contributed by atoms with Crippen LogP contribution in [0.5, 0.6) is 5.75 Å². The summed E-state index contributed by atoms with van der Waals surface area (Å²) in [4.78, 5) is 21.6. The van der Waals surface area contributed by atoms with E-state index in [-0.39, 0.29) is 11.3 Å². The van der Waals surface area contributed by atoms with Crippen molar-refractivity contribution in [2.24, 2.45) is 0 Å². The zero-order valence-electron chi connectivity index (χ0n) is 8.19. The first-order valence-electron chi connectivity index (χ1n) is 4.23. The van der Waals surface area contributed by atoms with Crippen LogP contribution >= 0.6 is 0 Å². The average Bonchev–Trinajstić information content (AvgIpc) is 2.20. The van der Waals surface area contributed by atoms with E-state index < -0.39 is 11.9 Å². The third-order valence-corrected chi connectivity index (χ3v) is 1.81. The van der Waals surface area contributed by atoms with Crippen LogP contribution in [0.15, 0.2) is 30.9 Å². The molecule has 0 spiro atoms. The fourth-order valence-electron chi connectivity index (χ4n) is 0.993. The highest BCUT2D eigenvalue weighted by Gasteiger charge is 2.08. The van der Waals surface area contributed by atoms with Gasteiger partial charge in [0.1, 0.15) is 5.75 Å². The van der Waals surface area contributed by atoms with Gasteiger partial charge in [-0.15, -0.1) is 0 Å². The lowest BCUT2D eigenvalue weighted by Crippen LogP contribution is -2.06. The van der Waals surface area contributed by atoms with Gasteiger partial charge in [0.25, 0.3) is 0 Å². The molecule has 0 aliphatic heterocycles. The fraction of sp³-hybridized carbons (Fsp3) is 0.0909. The van der Waals surface area contributed by atoms with E-state index in [0.29, 0.717) is 5.56 Å². The lowest BCUT2D eigenvalue weighted by molar-refractivity contribution is -0.129. The molecule has 1 aromatic carbocycles. The van der Waals surface area contributed by atoms with E-state index in [4.69, 9.17) is 9.84 Å². The molecule has 0 radical (unpaired) electrons. The van der Waals surface area contributed by atoms with Crippen LogP contribution in [0.3, 0.4) is 0 Å². The summed E-state index contributed by atoms with van der Waals surface area (Å²) in [5.41, 5.74) is 0.766. The second kappa shape index (κ2) is 4.41. The van der Waals surface area contributed by atoms with Crippen molar-refractivity contribution in [1.29, 1.82) is 0 Å². The zero-order chi connectivity index (χ0) is 11.4. The van der Waals surface area contributed by atoms with Gasteiger partial charge in [0.2, 0.25) is 0 Å². The molecule has 0 amide bonds. The second-order valence-electron chi connectivity index (χ2n) is 2.91. The maximum absolute atomic E-state index is 10.9. The number of benzene rings is 1. The van der Waals surface area contributed by atoms with Crippen molar-refractivity contribution in [2.75, 3.05) is 0 Å². The minimum atomic E-state index is -1.06. The largest absolute Gasteiger partial charge is 0.478 e. The van der Waals surface area contributed by atoms with Crippen molar-refractivity contribution in [3.8, 4) is 5.75 Å². The Labute approximate surface area is 86.8 Å². The van der Waals surface area contributed by atoms with E-state index >= 15 is 0 Å². The summed E-state index contributed by atoms with van der Waals surface area (Å²) in [7, 11) is 0. The molecule has 78 valence electrons. The van der Waals surface area contributed by atoms with Crippen LogP contribution in [0.4, 0.5) is 0 Å². The minimum Gasteiger partial charge on any atom is -0.478 e. The molecule has 4 heteroatoms. The predicted octanol–water partition coefficient (Wildman–Crippen LogP) is 1.78. The number of carbonyl (C=O) groups is 2. The Bertz CT molecular complexity index is 421. The molecular weight excluding hydrogens is 196 g/mol. The topological polar surface area (TPSA) is 63.6 Å². The maximum Gasteiger partial charge on any atom is 0.335 e. The SMILES string of the molecule is C=CC(=O)Oc1cc(C(=O)O)ccc1C. The van der Waals surface area contributed by atoms with Crippen molar-refractivity contribution in [1.82, 2.24) is 0 Å². The Morgan fingerprint density at radius 2 is 2.13 bits per heavy atom. The predicted molar refractivity (Wildman–Crippen MR) is 54.0 cm³/mol. The number of aryl methyl sites for hydroxylation is 1. The van der Waals surface area contributed by atoms with Gasteiger partial charge >= 0.3 is 11.9 Å². The molecule has 1 rings (SSSR count). The number of hydrogen-bond donors (Lipinski definition) is 1. The number of aromatic carboxylic acids is 1. The van der Waals surface area contributed by atoms with Gasteiger partial charge in [0.15, 0.2) is 0 Å². The summed E-state index contributed by atoms with van der Waals surface area (Å²) in [5, 5.41) is 8.73. The number of carboxylic acid groups (broad SMARTS) is 1. The third kappa shape index (κ3) is 2.67. The Morgan fingerprint density at radius 3 is 2.67 bits per heavy atom. The van der Waals surface area contributed by atoms with Crippen LogP contribution in [0.2, 0.25) is 0 Å². The smallest absolute Gasteiger partial charge is 0.335 e. The Morgan fingerprint density at radius 1 is 1.47 bits per heavy atom. The molecule has 0 bridgehead atoms. The number of rotatable bonds is 3. The van der Waals surface area contributed by atoms with Crippen LogP contribution in [0, 0.1) is 6.92 Å². The van der Waals surface area contributed by atoms with Crippen LogP contribution in [-0.4, -0.2) is 17.0 Å². The van der Waals surface area contributed by atoms with Crippen LogP contribution in [0.25, 0.3) is 0 Å². The van der Waals surface area contributed by atoms with Crippen molar-refractivity contribution in [3.05, 3.63) is 42.0 Å². The molecule has 4 nitrogen and oxygen atoms in total. The molecule has 0 aliphatic rings. The first-order valence-corrected chi connectivity index (χ1v) is 4.23. The summed E-state index contributed by atoms with van der Waals surface area (Å²) in [6, 6.07) is 4.33.